The highest BCUT2D eigenvalue weighted by molar-refractivity contribution is 7.13. The van der Waals surface area contributed by atoms with Gasteiger partial charge in [0, 0.05) is 23.5 Å². The minimum atomic E-state index is 0.0791. The molecule has 1 amide bonds. The van der Waals surface area contributed by atoms with Gasteiger partial charge in [0.25, 0.3) is 0 Å². The number of nitrogens with zero attached hydrogens (tertiary/aromatic N) is 2. The Balaban J connectivity index is 1.31. The topological polar surface area (TPSA) is 54.5 Å². The van der Waals surface area contributed by atoms with Crippen LogP contribution in [-0.2, 0) is 11.2 Å². The maximum absolute atomic E-state index is 12.5. The van der Waals surface area contributed by atoms with E-state index in [-0.39, 0.29) is 5.91 Å². The molecule has 2 aliphatic rings. The smallest absolute Gasteiger partial charge is 0.226 e. The molecule has 28 heavy (non-hydrogen) atoms. The van der Waals surface area contributed by atoms with E-state index in [4.69, 9.17) is 4.74 Å². The highest BCUT2D eigenvalue weighted by atomic mass is 32.1. The SMILES string of the molecule is COc1cccc(-c2nc(CC(=O)NC[C@@H]3CCCN4CCCC[C@H]34)cs2)c1. The van der Waals surface area contributed by atoms with Crippen LogP contribution in [0.3, 0.4) is 0 Å². The standard InChI is InChI=1S/C22H29N3O2S/c1-27-19-8-4-6-16(12-19)22-24-18(15-28-22)13-21(26)23-14-17-7-5-11-25-10-3-2-9-20(17)25/h4,6,8,12,15,17,20H,2-3,5,7,9-11,13-14H2,1H3,(H,23,26)/t17-,20+/m0/s1. The van der Waals surface area contributed by atoms with E-state index in [0.29, 0.717) is 18.4 Å². The van der Waals surface area contributed by atoms with Crippen molar-refractivity contribution in [3.05, 3.63) is 35.3 Å². The quantitative estimate of drug-likeness (QED) is 0.804. The maximum atomic E-state index is 12.5. The highest BCUT2D eigenvalue weighted by Crippen LogP contribution is 2.30. The second kappa shape index (κ2) is 9.05. The second-order valence-corrected chi connectivity index (χ2v) is 8.72. The summed E-state index contributed by atoms with van der Waals surface area (Å²) < 4.78 is 5.28. The van der Waals surface area contributed by atoms with Crippen LogP contribution < -0.4 is 10.1 Å². The van der Waals surface area contributed by atoms with E-state index >= 15 is 0 Å². The Morgan fingerprint density at radius 3 is 3.07 bits per heavy atom. The molecule has 150 valence electrons. The summed E-state index contributed by atoms with van der Waals surface area (Å²) in [5.41, 5.74) is 1.86. The molecule has 2 fully saturated rings. The zero-order valence-electron chi connectivity index (χ0n) is 16.5. The number of carbonyl (C=O) groups excluding carboxylic acids is 1. The number of fused-ring (bicyclic) bond motifs is 1. The maximum Gasteiger partial charge on any atom is 0.226 e. The van der Waals surface area contributed by atoms with Crippen molar-refractivity contribution in [3.8, 4) is 16.3 Å². The molecule has 0 saturated carbocycles. The van der Waals surface area contributed by atoms with E-state index in [1.54, 1.807) is 18.4 Å². The first-order valence-electron chi connectivity index (χ1n) is 10.3. The van der Waals surface area contributed by atoms with Crippen molar-refractivity contribution >= 4 is 17.2 Å². The molecule has 2 aliphatic heterocycles. The van der Waals surface area contributed by atoms with Crippen LogP contribution in [0.25, 0.3) is 10.6 Å². The zero-order valence-corrected chi connectivity index (χ0v) is 17.3. The van der Waals surface area contributed by atoms with Crippen LogP contribution >= 0.6 is 11.3 Å². The van der Waals surface area contributed by atoms with Gasteiger partial charge in [-0.25, -0.2) is 4.98 Å². The molecule has 3 heterocycles. The Morgan fingerprint density at radius 2 is 2.18 bits per heavy atom. The third kappa shape index (κ3) is 4.55. The predicted octanol–water partition coefficient (Wildman–Crippen LogP) is 3.74. The van der Waals surface area contributed by atoms with Gasteiger partial charge in [-0.15, -0.1) is 11.3 Å². The predicted molar refractivity (Wildman–Crippen MR) is 113 cm³/mol. The fourth-order valence-electron chi connectivity index (χ4n) is 4.56. The molecule has 4 rings (SSSR count). The molecule has 0 spiro atoms. The molecule has 0 aliphatic carbocycles. The van der Waals surface area contributed by atoms with Gasteiger partial charge in [-0.1, -0.05) is 18.6 Å². The molecular weight excluding hydrogens is 370 g/mol. The zero-order chi connectivity index (χ0) is 19.3. The number of hydrogen-bond acceptors (Lipinski definition) is 5. The Morgan fingerprint density at radius 1 is 1.29 bits per heavy atom. The Hall–Kier alpha value is -1.92. The molecule has 1 aromatic carbocycles. The summed E-state index contributed by atoms with van der Waals surface area (Å²) in [7, 11) is 1.66. The second-order valence-electron chi connectivity index (χ2n) is 7.86. The van der Waals surface area contributed by atoms with Crippen molar-refractivity contribution < 1.29 is 9.53 Å². The van der Waals surface area contributed by atoms with Crippen molar-refractivity contribution in [3.63, 3.8) is 0 Å². The summed E-state index contributed by atoms with van der Waals surface area (Å²) in [6.45, 7) is 3.27. The van der Waals surface area contributed by atoms with Crippen LogP contribution in [0.15, 0.2) is 29.6 Å². The minimum absolute atomic E-state index is 0.0791. The van der Waals surface area contributed by atoms with Crippen molar-refractivity contribution in [2.24, 2.45) is 5.92 Å². The molecule has 0 unspecified atom stereocenters. The Bertz CT molecular complexity index is 805. The number of hydrogen-bond donors (Lipinski definition) is 1. The van der Waals surface area contributed by atoms with E-state index in [1.165, 1.54) is 45.2 Å². The first kappa shape index (κ1) is 19.4. The lowest BCUT2D eigenvalue weighted by Crippen LogP contribution is -2.51. The molecule has 1 aromatic heterocycles. The van der Waals surface area contributed by atoms with E-state index in [9.17, 15) is 4.79 Å². The number of nitrogens with one attached hydrogen (secondary N) is 1. The van der Waals surface area contributed by atoms with Crippen LogP contribution in [-0.4, -0.2) is 48.6 Å². The largest absolute Gasteiger partial charge is 0.497 e. The van der Waals surface area contributed by atoms with Crippen LogP contribution in [0, 0.1) is 5.92 Å². The van der Waals surface area contributed by atoms with Crippen molar-refractivity contribution in [2.75, 3.05) is 26.7 Å². The lowest BCUT2D eigenvalue weighted by Gasteiger charge is -2.44. The van der Waals surface area contributed by atoms with Gasteiger partial charge < -0.3 is 15.0 Å². The number of carbonyl (C=O) groups is 1. The van der Waals surface area contributed by atoms with Gasteiger partial charge in [-0.05, 0) is 56.8 Å². The molecule has 1 N–H and O–H groups in total. The molecular formula is C22H29N3O2S. The summed E-state index contributed by atoms with van der Waals surface area (Å²) in [6.07, 6.45) is 6.79. The lowest BCUT2D eigenvalue weighted by molar-refractivity contribution is -0.120. The van der Waals surface area contributed by atoms with Gasteiger partial charge in [-0.3, -0.25) is 4.79 Å². The summed E-state index contributed by atoms with van der Waals surface area (Å²) in [5.74, 6) is 1.49. The van der Waals surface area contributed by atoms with Crippen LogP contribution in [0.5, 0.6) is 5.75 Å². The average Bonchev–Trinajstić information content (AvgIpc) is 3.20. The van der Waals surface area contributed by atoms with Gasteiger partial charge in [0.1, 0.15) is 10.8 Å². The van der Waals surface area contributed by atoms with Gasteiger partial charge in [0.15, 0.2) is 0 Å². The summed E-state index contributed by atoms with van der Waals surface area (Å²) in [6, 6.07) is 8.54. The highest BCUT2D eigenvalue weighted by Gasteiger charge is 2.32. The number of rotatable bonds is 6. The van der Waals surface area contributed by atoms with Crippen LogP contribution in [0.2, 0.25) is 0 Å². The molecule has 5 nitrogen and oxygen atoms in total. The first-order valence-corrected chi connectivity index (χ1v) is 11.2. The third-order valence-electron chi connectivity index (χ3n) is 6.00. The number of piperidine rings is 2. The van der Waals surface area contributed by atoms with Gasteiger partial charge in [-0.2, -0.15) is 0 Å². The molecule has 2 aromatic rings. The fourth-order valence-corrected chi connectivity index (χ4v) is 5.38. The Kier molecular flexibility index (Phi) is 6.27. The van der Waals surface area contributed by atoms with Gasteiger partial charge >= 0.3 is 0 Å². The van der Waals surface area contributed by atoms with Crippen molar-refractivity contribution in [1.29, 1.82) is 0 Å². The lowest BCUT2D eigenvalue weighted by atomic mass is 9.83. The van der Waals surface area contributed by atoms with Crippen LogP contribution in [0.4, 0.5) is 0 Å². The molecule has 2 atom stereocenters. The number of amides is 1. The van der Waals surface area contributed by atoms with Crippen molar-refractivity contribution in [1.82, 2.24) is 15.2 Å². The number of benzene rings is 1. The number of aromatic nitrogens is 1. The van der Waals surface area contributed by atoms with Gasteiger partial charge in [0.2, 0.25) is 5.91 Å². The molecule has 0 bridgehead atoms. The monoisotopic (exact) mass is 399 g/mol. The number of ether oxygens (including phenoxy) is 1. The Labute approximate surface area is 171 Å². The van der Waals surface area contributed by atoms with E-state index in [2.05, 4.69) is 15.2 Å². The number of methoxy groups -OCH3 is 1. The number of thiazole rings is 1. The minimum Gasteiger partial charge on any atom is -0.497 e. The van der Waals surface area contributed by atoms with E-state index < -0.39 is 0 Å². The van der Waals surface area contributed by atoms with E-state index in [0.717, 1.165) is 28.6 Å². The van der Waals surface area contributed by atoms with E-state index in [1.807, 2.05) is 29.6 Å². The molecule has 0 radical (unpaired) electrons. The average molecular weight is 400 g/mol. The third-order valence-corrected chi connectivity index (χ3v) is 6.94. The van der Waals surface area contributed by atoms with Crippen molar-refractivity contribution in [2.45, 2.75) is 44.6 Å². The first-order chi connectivity index (χ1) is 13.7. The van der Waals surface area contributed by atoms with Crippen LogP contribution in [0.1, 0.15) is 37.8 Å². The van der Waals surface area contributed by atoms with Gasteiger partial charge in [0.05, 0.1) is 19.2 Å². The summed E-state index contributed by atoms with van der Waals surface area (Å²) >= 11 is 1.57. The summed E-state index contributed by atoms with van der Waals surface area (Å²) in [5, 5.41) is 6.09. The fraction of sp³-hybridized carbons (Fsp3) is 0.545. The summed E-state index contributed by atoms with van der Waals surface area (Å²) in [4.78, 5) is 19.8. The molecule has 6 heteroatoms. The molecule has 2 saturated heterocycles. The normalized spacial score (nSPS) is 22.5.